The molecule has 1 fully saturated rings. The van der Waals surface area contributed by atoms with Crippen molar-refractivity contribution in [3.8, 4) is 17.7 Å². The zero-order valence-corrected chi connectivity index (χ0v) is 13.7. The van der Waals surface area contributed by atoms with Crippen LogP contribution in [0.15, 0.2) is 36.7 Å². The zero-order valence-electron chi connectivity index (χ0n) is 13.7. The van der Waals surface area contributed by atoms with Crippen molar-refractivity contribution in [1.29, 1.82) is 0 Å². The average molecular weight is 318 g/mol. The summed E-state index contributed by atoms with van der Waals surface area (Å²) >= 11 is 0. The van der Waals surface area contributed by atoms with Crippen LogP contribution in [0.2, 0.25) is 0 Å². The molecule has 0 bridgehead atoms. The second-order valence-electron chi connectivity index (χ2n) is 6.20. The van der Waals surface area contributed by atoms with Crippen LogP contribution in [0.4, 0.5) is 0 Å². The van der Waals surface area contributed by atoms with Gasteiger partial charge in [0.05, 0.1) is 6.33 Å². The number of rotatable bonds is 3. The quantitative estimate of drug-likeness (QED) is 0.695. The van der Waals surface area contributed by atoms with Gasteiger partial charge in [-0.15, -0.1) is 0 Å². The molecule has 0 spiro atoms. The molecule has 0 atom stereocenters. The predicted octanol–water partition coefficient (Wildman–Crippen LogP) is 3.35. The van der Waals surface area contributed by atoms with E-state index in [0.29, 0.717) is 17.2 Å². The second kappa shape index (κ2) is 5.97. The highest BCUT2D eigenvalue weighted by Crippen LogP contribution is 2.30. The Morgan fingerprint density at radius 1 is 1.12 bits per heavy atom. The maximum atomic E-state index is 5.93. The number of fused-ring (bicyclic) bond motifs is 1. The van der Waals surface area contributed by atoms with Crippen LogP contribution in [0.25, 0.3) is 11.2 Å². The normalized spacial score (nSPS) is 13.8. The molecule has 1 saturated carbocycles. The molecule has 2 aromatic heterocycles. The van der Waals surface area contributed by atoms with E-state index in [1.165, 1.54) is 0 Å². The van der Waals surface area contributed by atoms with Gasteiger partial charge in [0, 0.05) is 11.6 Å². The number of benzene rings is 1. The van der Waals surface area contributed by atoms with Crippen molar-refractivity contribution in [3.05, 3.63) is 48.0 Å². The Morgan fingerprint density at radius 3 is 2.62 bits per heavy atom. The number of nitrogens with zero attached hydrogens (tertiary/aromatic N) is 4. The first kappa shape index (κ1) is 14.7. The maximum absolute atomic E-state index is 5.93. The SMILES string of the molecule is CC(C)n1cnc2c(OC3CC3)nc(C#Cc3ccccc3)nc21. The lowest BCUT2D eigenvalue weighted by Gasteiger charge is -2.08. The minimum atomic E-state index is 0.252. The smallest absolute Gasteiger partial charge is 0.246 e. The highest BCUT2D eigenvalue weighted by Gasteiger charge is 2.26. The summed E-state index contributed by atoms with van der Waals surface area (Å²) in [6.45, 7) is 4.19. The summed E-state index contributed by atoms with van der Waals surface area (Å²) in [5.74, 6) is 7.16. The van der Waals surface area contributed by atoms with Gasteiger partial charge in [-0.05, 0) is 44.7 Å². The van der Waals surface area contributed by atoms with Gasteiger partial charge < -0.3 is 9.30 Å². The fourth-order valence-corrected chi connectivity index (χ4v) is 2.40. The molecule has 120 valence electrons. The molecule has 4 rings (SSSR count). The topological polar surface area (TPSA) is 52.8 Å². The Labute approximate surface area is 140 Å². The van der Waals surface area contributed by atoms with E-state index in [4.69, 9.17) is 4.74 Å². The largest absolute Gasteiger partial charge is 0.473 e. The van der Waals surface area contributed by atoms with Crippen molar-refractivity contribution in [2.75, 3.05) is 0 Å². The Hall–Kier alpha value is -2.87. The standard InChI is InChI=1S/C19H18N4O/c1-13(2)23-12-20-17-18(23)21-16(22-19(17)24-15-9-10-15)11-8-14-6-4-3-5-7-14/h3-7,12-13,15H,9-10H2,1-2H3. The van der Waals surface area contributed by atoms with Gasteiger partial charge >= 0.3 is 0 Å². The predicted molar refractivity (Wildman–Crippen MR) is 91.8 cm³/mol. The Balaban J connectivity index is 1.80. The molecule has 5 nitrogen and oxygen atoms in total. The summed E-state index contributed by atoms with van der Waals surface area (Å²) in [5.41, 5.74) is 2.41. The van der Waals surface area contributed by atoms with Gasteiger partial charge in [-0.25, -0.2) is 9.97 Å². The molecule has 0 N–H and O–H groups in total. The molecular formula is C19H18N4O. The second-order valence-corrected chi connectivity index (χ2v) is 6.20. The summed E-state index contributed by atoms with van der Waals surface area (Å²) in [4.78, 5) is 13.5. The van der Waals surface area contributed by atoms with E-state index < -0.39 is 0 Å². The van der Waals surface area contributed by atoms with Crippen LogP contribution >= 0.6 is 0 Å². The molecule has 2 heterocycles. The number of hydrogen-bond donors (Lipinski definition) is 0. The molecule has 0 amide bonds. The number of ether oxygens (including phenoxy) is 1. The van der Waals surface area contributed by atoms with Crippen molar-refractivity contribution in [3.63, 3.8) is 0 Å². The number of aromatic nitrogens is 4. The molecule has 1 aromatic carbocycles. The third-order valence-corrected chi connectivity index (χ3v) is 3.84. The molecular weight excluding hydrogens is 300 g/mol. The van der Waals surface area contributed by atoms with E-state index in [9.17, 15) is 0 Å². The zero-order chi connectivity index (χ0) is 16.5. The summed E-state index contributed by atoms with van der Waals surface area (Å²) in [6.07, 6.45) is 4.18. The molecule has 3 aromatic rings. The lowest BCUT2D eigenvalue weighted by Crippen LogP contribution is -2.05. The Morgan fingerprint density at radius 2 is 1.92 bits per heavy atom. The van der Waals surface area contributed by atoms with Crippen molar-refractivity contribution in [2.45, 2.75) is 38.8 Å². The Kier molecular flexibility index (Phi) is 3.66. The van der Waals surface area contributed by atoms with Crippen LogP contribution in [0.3, 0.4) is 0 Å². The number of imidazole rings is 1. The minimum absolute atomic E-state index is 0.252. The van der Waals surface area contributed by atoms with Crippen LogP contribution in [0, 0.1) is 11.8 Å². The first-order valence-electron chi connectivity index (χ1n) is 8.19. The summed E-state index contributed by atoms with van der Waals surface area (Å²) in [7, 11) is 0. The highest BCUT2D eigenvalue weighted by molar-refractivity contribution is 5.77. The monoisotopic (exact) mass is 318 g/mol. The van der Waals surface area contributed by atoms with Crippen molar-refractivity contribution < 1.29 is 4.74 Å². The molecule has 5 heteroatoms. The van der Waals surface area contributed by atoms with Gasteiger partial charge in [0.2, 0.25) is 11.7 Å². The third-order valence-electron chi connectivity index (χ3n) is 3.84. The van der Waals surface area contributed by atoms with E-state index in [-0.39, 0.29) is 12.1 Å². The van der Waals surface area contributed by atoms with Crippen LogP contribution in [-0.4, -0.2) is 25.6 Å². The lowest BCUT2D eigenvalue weighted by molar-refractivity contribution is 0.294. The van der Waals surface area contributed by atoms with Crippen molar-refractivity contribution in [1.82, 2.24) is 19.5 Å². The van der Waals surface area contributed by atoms with Gasteiger partial charge in [-0.1, -0.05) is 24.1 Å². The summed E-state index contributed by atoms with van der Waals surface area (Å²) in [6, 6.07) is 10.1. The van der Waals surface area contributed by atoms with Crippen LogP contribution in [0.1, 0.15) is 44.1 Å². The lowest BCUT2D eigenvalue weighted by atomic mass is 10.2. The van der Waals surface area contributed by atoms with E-state index in [1.807, 2.05) is 34.9 Å². The van der Waals surface area contributed by atoms with E-state index in [0.717, 1.165) is 24.1 Å². The minimum Gasteiger partial charge on any atom is -0.473 e. The van der Waals surface area contributed by atoms with Crippen molar-refractivity contribution >= 4 is 11.2 Å². The van der Waals surface area contributed by atoms with Gasteiger partial charge in [-0.3, -0.25) is 0 Å². The number of hydrogen-bond acceptors (Lipinski definition) is 4. The van der Waals surface area contributed by atoms with Gasteiger partial charge in [-0.2, -0.15) is 4.98 Å². The van der Waals surface area contributed by atoms with E-state index in [1.54, 1.807) is 6.33 Å². The fraction of sp³-hybridized carbons (Fsp3) is 0.316. The summed E-state index contributed by atoms with van der Waals surface area (Å²) < 4.78 is 7.95. The summed E-state index contributed by atoms with van der Waals surface area (Å²) in [5, 5.41) is 0. The molecule has 0 saturated heterocycles. The van der Waals surface area contributed by atoms with E-state index in [2.05, 4.69) is 40.6 Å². The van der Waals surface area contributed by atoms with Gasteiger partial charge in [0.1, 0.15) is 6.10 Å². The van der Waals surface area contributed by atoms with E-state index >= 15 is 0 Å². The van der Waals surface area contributed by atoms with Crippen LogP contribution < -0.4 is 4.74 Å². The average Bonchev–Trinajstić information content (AvgIpc) is 3.29. The molecule has 1 aliphatic rings. The van der Waals surface area contributed by atoms with Crippen molar-refractivity contribution in [2.24, 2.45) is 0 Å². The molecule has 0 unspecified atom stereocenters. The maximum Gasteiger partial charge on any atom is 0.246 e. The first-order chi connectivity index (χ1) is 11.7. The molecule has 24 heavy (non-hydrogen) atoms. The van der Waals surface area contributed by atoms with Gasteiger partial charge in [0.15, 0.2) is 11.2 Å². The van der Waals surface area contributed by atoms with Gasteiger partial charge in [0.25, 0.3) is 0 Å². The first-order valence-corrected chi connectivity index (χ1v) is 8.19. The fourth-order valence-electron chi connectivity index (χ4n) is 2.40. The molecule has 1 aliphatic carbocycles. The van der Waals surface area contributed by atoms with Crippen LogP contribution in [0.5, 0.6) is 5.88 Å². The highest BCUT2D eigenvalue weighted by atomic mass is 16.5. The van der Waals surface area contributed by atoms with Crippen LogP contribution in [-0.2, 0) is 0 Å². The Bertz CT molecular complexity index is 930. The molecule has 0 aliphatic heterocycles. The molecule has 0 radical (unpaired) electrons. The third kappa shape index (κ3) is 2.95.